The van der Waals surface area contributed by atoms with Crippen molar-refractivity contribution in [1.29, 1.82) is 5.26 Å². The highest BCUT2D eigenvalue weighted by atomic mass is 79.9. The van der Waals surface area contributed by atoms with Crippen LogP contribution in [0.3, 0.4) is 0 Å². The van der Waals surface area contributed by atoms with Gasteiger partial charge in [-0.05, 0) is 36.8 Å². The lowest BCUT2D eigenvalue weighted by molar-refractivity contribution is 0.0910. The van der Waals surface area contributed by atoms with Gasteiger partial charge in [-0.1, -0.05) is 76.1 Å². The van der Waals surface area contributed by atoms with Gasteiger partial charge in [-0.15, -0.1) is 0 Å². The van der Waals surface area contributed by atoms with E-state index in [1.165, 1.54) is 12.1 Å². The fourth-order valence-electron chi connectivity index (χ4n) is 4.00. The summed E-state index contributed by atoms with van der Waals surface area (Å²) in [7, 11) is -4.23. The van der Waals surface area contributed by atoms with Gasteiger partial charge in [0, 0.05) is 10.0 Å². The number of carbonyl (C=O) groups excluding carboxylic acids is 1. The number of benzene rings is 3. The molecule has 0 aromatic heterocycles. The first kappa shape index (κ1) is 22.8. The second kappa shape index (κ2) is 8.85. The van der Waals surface area contributed by atoms with Crippen LogP contribution < -0.4 is 5.73 Å². The molecule has 8 heteroatoms. The quantitative estimate of drug-likeness (QED) is 0.498. The third kappa shape index (κ3) is 4.06. The normalized spacial score (nSPS) is 18.3. The predicted molar refractivity (Wildman–Crippen MR) is 128 cm³/mol. The average Bonchev–Trinajstić information content (AvgIpc) is 3.12. The van der Waals surface area contributed by atoms with Crippen molar-refractivity contribution < 1.29 is 13.2 Å². The number of aryl methyl sites for hydroxylation is 1. The molecular weight excluding hydrogens is 502 g/mol. The van der Waals surface area contributed by atoms with Crippen molar-refractivity contribution in [2.24, 2.45) is 5.73 Å². The fraction of sp³-hybridized carbons (Fsp3) is 0.120. The maximum absolute atomic E-state index is 13.8. The SMILES string of the molecule is Cc1ccc(S(=O)(=O)N2C(N)=C(C#N)[C@@H](c3ccccc3)[C@@H]2C(=O)c2ccc(Br)cc2)cc1. The van der Waals surface area contributed by atoms with Crippen LogP contribution in [0.15, 0.2) is 99.6 Å². The fourth-order valence-corrected chi connectivity index (χ4v) is 5.85. The summed E-state index contributed by atoms with van der Waals surface area (Å²) < 4.78 is 29.2. The molecule has 0 bridgehead atoms. The van der Waals surface area contributed by atoms with E-state index < -0.39 is 27.8 Å². The van der Waals surface area contributed by atoms with Gasteiger partial charge >= 0.3 is 0 Å². The first-order chi connectivity index (χ1) is 15.8. The second-order valence-corrected chi connectivity index (χ2v) is 10.5. The van der Waals surface area contributed by atoms with E-state index in [0.717, 1.165) is 14.3 Å². The van der Waals surface area contributed by atoms with Gasteiger partial charge in [0.1, 0.15) is 11.9 Å². The van der Waals surface area contributed by atoms with Crippen LogP contribution in [0, 0.1) is 18.3 Å². The average molecular weight is 522 g/mol. The summed E-state index contributed by atoms with van der Waals surface area (Å²) in [6.45, 7) is 1.85. The lowest BCUT2D eigenvalue weighted by Crippen LogP contribution is -2.45. The molecule has 33 heavy (non-hydrogen) atoms. The minimum atomic E-state index is -4.23. The number of carbonyl (C=O) groups is 1. The van der Waals surface area contributed by atoms with Crippen LogP contribution >= 0.6 is 15.9 Å². The van der Waals surface area contributed by atoms with Crippen molar-refractivity contribution in [3.05, 3.63) is 111 Å². The molecule has 0 fully saturated rings. The maximum Gasteiger partial charge on any atom is 0.266 e. The van der Waals surface area contributed by atoms with Crippen molar-refractivity contribution in [2.45, 2.75) is 23.8 Å². The van der Waals surface area contributed by atoms with E-state index in [-0.39, 0.29) is 16.3 Å². The first-order valence-electron chi connectivity index (χ1n) is 10.1. The third-order valence-corrected chi connectivity index (χ3v) is 7.99. The van der Waals surface area contributed by atoms with Crippen LogP contribution in [-0.4, -0.2) is 24.5 Å². The molecule has 0 radical (unpaired) electrons. The maximum atomic E-state index is 13.8. The Morgan fingerprint density at radius 1 is 1.00 bits per heavy atom. The van der Waals surface area contributed by atoms with E-state index in [1.807, 2.05) is 13.0 Å². The molecule has 1 heterocycles. The number of nitrogens with two attached hydrogens (primary N) is 1. The number of sulfonamides is 1. The summed E-state index contributed by atoms with van der Waals surface area (Å²) in [5, 5.41) is 9.94. The second-order valence-electron chi connectivity index (χ2n) is 7.73. The van der Waals surface area contributed by atoms with E-state index in [4.69, 9.17) is 5.73 Å². The van der Waals surface area contributed by atoms with Crippen molar-refractivity contribution in [3.8, 4) is 6.07 Å². The Morgan fingerprint density at radius 2 is 1.61 bits per heavy atom. The van der Waals surface area contributed by atoms with E-state index in [2.05, 4.69) is 22.0 Å². The van der Waals surface area contributed by atoms with Gasteiger partial charge in [0.05, 0.1) is 22.5 Å². The number of nitrogens with zero attached hydrogens (tertiary/aromatic N) is 2. The van der Waals surface area contributed by atoms with Gasteiger partial charge < -0.3 is 5.73 Å². The summed E-state index contributed by atoms with van der Waals surface area (Å²) in [4.78, 5) is 13.8. The number of Topliss-reactive ketones (excluding diaryl/α,β-unsaturated/α-hetero) is 1. The number of halogens is 1. The Balaban J connectivity index is 1.93. The molecule has 6 nitrogen and oxygen atoms in total. The Morgan fingerprint density at radius 3 is 2.18 bits per heavy atom. The first-order valence-corrected chi connectivity index (χ1v) is 12.3. The molecule has 0 aliphatic carbocycles. The molecule has 2 N–H and O–H groups in total. The van der Waals surface area contributed by atoms with Crippen molar-refractivity contribution in [2.75, 3.05) is 0 Å². The molecule has 0 spiro atoms. The van der Waals surface area contributed by atoms with E-state index >= 15 is 0 Å². The topological polar surface area (TPSA) is 104 Å². The predicted octanol–water partition coefficient (Wildman–Crippen LogP) is 4.49. The van der Waals surface area contributed by atoms with E-state index in [1.54, 1.807) is 60.7 Å². The molecule has 3 aromatic carbocycles. The standard InChI is InChI=1S/C25H20BrN3O3S/c1-16-7-13-20(14-8-16)33(31,32)29-23(24(30)18-9-11-19(26)12-10-18)22(21(15-27)25(29)28)17-5-3-2-4-6-17/h2-14,22-23H,28H2,1H3/t22-,23-/m1/s1. The molecule has 4 rings (SSSR count). The smallest absolute Gasteiger partial charge is 0.266 e. The third-order valence-electron chi connectivity index (χ3n) is 5.65. The van der Waals surface area contributed by atoms with Gasteiger partial charge in [-0.3, -0.25) is 4.79 Å². The van der Waals surface area contributed by atoms with Crippen molar-refractivity contribution >= 4 is 31.7 Å². The summed E-state index contributed by atoms with van der Waals surface area (Å²) in [6.07, 6.45) is 0. The molecule has 1 aliphatic heterocycles. The molecule has 166 valence electrons. The molecule has 0 unspecified atom stereocenters. The zero-order valence-corrected chi connectivity index (χ0v) is 20.0. The zero-order chi connectivity index (χ0) is 23.8. The van der Waals surface area contributed by atoms with Crippen LogP contribution in [0.1, 0.15) is 27.4 Å². The molecule has 2 atom stereocenters. The summed E-state index contributed by atoms with van der Waals surface area (Å²) in [5.74, 6) is -1.52. The molecule has 0 saturated heterocycles. The van der Waals surface area contributed by atoms with Crippen molar-refractivity contribution in [1.82, 2.24) is 4.31 Å². The van der Waals surface area contributed by atoms with Gasteiger partial charge in [0.15, 0.2) is 5.78 Å². The highest BCUT2D eigenvalue weighted by molar-refractivity contribution is 9.10. The Hall–Kier alpha value is -3.41. The lowest BCUT2D eigenvalue weighted by Gasteiger charge is -2.29. The summed E-state index contributed by atoms with van der Waals surface area (Å²) in [5.41, 5.74) is 8.18. The van der Waals surface area contributed by atoms with Crippen LogP contribution in [0.4, 0.5) is 0 Å². The largest absolute Gasteiger partial charge is 0.384 e. The Kier molecular flexibility index (Phi) is 6.11. The summed E-state index contributed by atoms with van der Waals surface area (Å²) >= 11 is 3.35. The van der Waals surface area contributed by atoms with Gasteiger partial charge in [-0.2, -0.15) is 5.26 Å². The van der Waals surface area contributed by atoms with Crippen LogP contribution in [-0.2, 0) is 10.0 Å². The highest BCUT2D eigenvalue weighted by Gasteiger charge is 2.50. The van der Waals surface area contributed by atoms with Gasteiger partial charge in [-0.25, -0.2) is 12.7 Å². The monoisotopic (exact) mass is 521 g/mol. The number of hydrogen-bond acceptors (Lipinski definition) is 5. The molecule has 0 saturated carbocycles. The van der Waals surface area contributed by atoms with E-state index in [0.29, 0.717) is 11.1 Å². The lowest BCUT2D eigenvalue weighted by atomic mass is 9.84. The highest BCUT2D eigenvalue weighted by Crippen LogP contribution is 2.43. The van der Waals surface area contributed by atoms with E-state index in [9.17, 15) is 18.5 Å². The number of ketones is 1. The number of nitriles is 1. The number of hydrogen-bond donors (Lipinski definition) is 1. The molecule has 0 amide bonds. The number of rotatable bonds is 5. The molecule has 1 aliphatic rings. The minimum absolute atomic E-state index is 0.00402. The van der Waals surface area contributed by atoms with Crippen LogP contribution in [0.5, 0.6) is 0 Å². The van der Waals surface area contributed by atoms with Gasteiger partial charge in [0.2, 0.25) is 0 Å². The molecular formula is C25H20BrN3O3S. The Labute approximate surface area is 201 Å². The zero-order valence-electron chi connectivity index (χ0n) is 17.6. The van der Waals surface area contributed by atoms with Crippen molar-refractivity contribution in [3.63, 3.8) is 0 Å². The summed E-state index contributed by atoms with van der Waals surface area (Å²) in [6, 6.07) is 22.7. The van der Waals surface area contributed by atoms with Crippen LogP contribution in [0.25, 0.3) is 0 Å². The molecule has 3 aromatic rings. The van der Waals surface area contributed by atoms with Crippen LogP contribution in [0.2, 0.25) is 0 Å². The minimum Gasteiger partial charge on any atom is -0.384 e. The Bertz CT molecular complexity index is 1380. The van der Waals surface area contributed by atoms with Gasteiger partial charge in [0.25, 0.3) is 10.0 Å².